The van der Waals surface area contributed by atoms with Crippen LogP contribution in [-0.4, -0.2) is 17.8 Å². The number of hydrogen-bond donors (Lipinski definition) is 1. The fourth-order valence-corrected chi connectivity index (χ4v) is 2.23. The fraction of sp³-hybridized carbons (Fsp3) is 0.545. The number of alkyl halides is 1. The summed E-state index contributed by atoms with van der Waals surface area (Å²) in [5, 5.41) is 4.83. The summed E-state index contributed by atoms with van der Waals surface area (Å²) < 4.78 is 0. The highest BCUT2D eigenvalue weighted by atomic mass is 35.5. The Kier molecular flexibility index (Phi) is 5.12. The van der Waals surface area contributed by atoms with Gasteiger partial charge in [0.25, 0.3) is 5.91 Å². The van der Waals surface area contributed by atoms with Gasteiger partial charge in [0, 0.05) is 6.54 Å². The molecule has 1 aromatic heterocycles. The maximum atomic E-state index is 11.7. The Morgan fingerprint density at radius 1 is 1.60 bits per heavy atom. The van der Waals surface area contributed by atoms with E-state index in [0.29, 0.717) is 6.54 Å². The Hall–Kier alpha value is -0.540. The third-order valence-electron chi connectivity index (χ3n) is 2.26. The molecule has 0 aliphatic carbocycles. The molecule has 1 rings (SSSR count). The summed E-state index contributed by atoms with van der Waals surface area (Å²) in [5.41, 5.74) is 1.11. The highest BCUT2D eigenvalue weighted by Crippen LogP contribution is 2.17. The van der Waals surface area contributed by atoms with Crippen LogP contribution in [0.1, 0.15) is 35.5 Å². The zero-order valence-electron chi connectivity index (χ0n) is 9.05. The summed E-state index contributed by atoms with van der Waals surface area (Å²) in [6.07, 6.45) is 1.76. The van der Waals surface area contributed by atoms with Crippen molar-refractivity contribution in [2.24, 2.45) is 0 Å². The molecule has 1 aromatic rings. The number of thiophene rings is 1. The van der Waals surface area contributed by atoms with E-state index in [-0.39, 0.29) is 11.3 Å². The number of aryl methyl sites for hydroxylation is 1. The van der Waals surface area contributed by atoms with Crippen LogP contribution in [0.2, 0.25) is 0 Å². The minimum absolute atomic E-state index is 0.000880. The molecule has 0 aromatic carbocycles. The Labute approximate surface area is 99.6 Å². The van der Waals surface area contributed by atoms with Crippen LogP contribution in [0.4, 0.5) is 0 Å². The lowest BCUT2D eigenvalue weighted by Crippen LogP contribution is -2.29. The predicted molar refractivity (Wildman–Crippen MR) is 66.0 cm³/mol. The van der Waals surface area contributed by atoms with Gasteiger partial charge in [0.15, 0.2) is 0 Å². The normalized spacial score (nSPS) is 12.5. The summed E-state index contributed by atoms with van der Waals surface area (Å²) in [6.45, 7) is 4.60. The van der Waals surface area contributed by atoms with Crippen LogP contribution in [0.15, 0.2) is 11.4 Å². The molecule has 0 aliphatic heterocycles. The van der Waals surface area contributed by atoms with Crippen LogP contribution in [0.5, 0.6) is 0 Å². The average Bonchev–Trinajstić information content (AvgIpc) is 2.73. The third kappa shape index (κ3) is 3.50. The smallest absolute Gasteiger partial charge is 0.261 e. The lowest BCUT2D eigenvalue weighted by Gasteiger charge is -2.08. The molecule has 2 nitrogen and oxygen atoms in total. The van der Waals surface area contributed by atoms with E-state index in [2.05, 4.69) is 12.2 Å². The van der Waals surface area contributed by atoms with Gasteiger partial charge in [0.05, 0.1) is 10.3 Å². The first-order chi connectivity index (χ1) is 7.19. The number of carbonyl (C=O) groups is 1. The van der Waals surface area contributed by atoms with E-state index in [1.807, 2.05) is 18.4 Å². The Morgan fingerprint density at radius 3 is 2.93 bits per heavy atom. The molecule has 0 spiro atoms. The van der Waals surface area contributed by atoms with Crippen molar-refractivity contribution in [2.45, 2.75) is 32.1 Å². The fourth-order valence-electron chi connectivity index (χ4n) is 1.24. The number of nitrogens with one attached hydrogen (secondary N) is 1. The van der Waals surface area contributed by atoms with Crippen LogP contribution in [0.25, 0.3) is 0 Å². The van der Waals surface area contributed by atoms with Crippen molar-refractivity contribution in [3.63, 3.8) is 0 Å². The molecule has 15 heavy (non-hydrogen) atoms. The first-order valence-electron chi connectivity index (χ1n) is 5.17. The van der Waals surface area contributed by atoms with Crippen molar-refractivity contribution < 1.29 is 4.79 Å². The van der Waals surface area contributed by atoms with Gasteiger partial charge in [-0.1, -0.05) is 13.8 Å². The van der Waals surface area contributed by atoms with Gasteiger partial charge < -0.3 is 5.32 Å². The van der Waals surface area contributed by atoms with Gasteiger partial charge in [0.2, 0.25) is 0 Å². The molecular weight excluding hydrogens is 230 g/mol. The highest BCUT2D eigenvalue weighted by Gasteiger charge is 2.12. The van der Waals surface area contributed by atoms with E-state index in [0.717, 1.165) is 23.3 Å². The maximum Gasteiger partial charge on any atom is 0.261 e. The summed E-state index contributed by atoms with van der Waals surface area (Å²) in [5.74, 6) is 0.000880. The minimum Gasteiger partial charge on any atom is -0.350 e. The molecule has 0 radical (unpaired) electrons. The topological polar surface area (TPSA) is 29.1 Å². The van der Waals surface area contributed by atoms with Crippen molar-refractivity contribution in [3.05, 3.63) is 21.9 Å². The quantitative estimate of drug-likeness (QED) is 0.794. The number of rotatable bonds is 5. The molecular formula is C11H16ClNOS. The van der Waals surface area contributed by atoms with Crippen molar-refractivity contribution in [1.29, 1.82) is 0 Å². The van der Waals surface area contributed by atoms with E-state index in [4.69, 9.17) is 11.6 Å². The van der Waals surface area contributed by atoms with Crippen LogP contribution in [0.3, 0.4) is 0 Å². The number of hydrogen-bond acceptors (Lipinski definition) is 2. The molecule has 0 saturated heterocycles. The van der Waals surface area contributed by atoms with Crippen molar-refractivity contribution in [3.8, 4) is 0 Å². The van der Waals surface area contributed by atoms with Gasteiger partial charge in [-0.05, 0) is 29.9 Å². The molecule has 0 saturated carbocycles. The number of halogens is 1. The second kappa shape index (κ2) is 6.13. The van der Waals surface area contributed by atoms with Gasteiger partial charge in [-0.3, -0.25) is 4.79 Å². The molecule has 1 amide bonds. The lowest BCUT2D eigenvalue weighted by atomic mass is 10.2. The Balaban J connectivity index is 2.54. The van der Waals surface area contributed by atoms with Gasteiger partial charge in [-0.2, -0.15) is 0 Å². The van der Waals surface area contributed by atoms with E-state index < -0.39 is 0 Å². The van der Waals surface area contributed by atoms with Crippen LogP contribution in [0, 0.1) is 0 Å². The molecule has 4 heteroatoms. The summed E-state index contributed by atoms with van der Waals surface area (Å²) >= 11 is 7.42. The Bertz CT molecular complexity index is 324. The molecule has 0 aliphatic rings. The number of amides is 1. The third-order valence-corrected chi connectivity index (χ3v) is 3.68. The predicted octanol–water partition coefficient (Wildman–Crippen LogP) is 3.06. The highest BCUT2D eigenvalue weighted by molar-refractivity contribution is 7.12. The lowest BCUT2D eigenvalue weighted by molar-refractivity contribution is 0.0956. The van der Waals surface area contributed by atoms with Gasteiger partial charge in [0.1, 0.15) is 0 Å². The minimum atomic E-state index is 0.000880. The molecule has 0 fully saturated rings. The summed E-state index contributed by atoms with van der Waals surface area (Å²) in [6, 6.07) is 2.00. The molecule has 84 valence electrons. The number of carbonyl (C=O) groups excluding carboxylic acids is 1. The van der Waals surface area contributed by atoms with Gasteiger partial charge in [-0.15, -0.1) is 22.9 Å². The summed E-state index contributed by atoms with van der Waals surface area (Å²) in [4.78, 5) is 12.6. The van der Waals surface area contributed by atoms with Crippen molar-refractivity contribution in [2.75, 3.05) is 6.54 Å². The second-order valence-corrected chi connectivity index (χ2v) is 4.88. The van der Waals surface area contributed by atoms with Crippen molar-refractivity contribution >= 4 is 28.8 Å². The van der Waals surface area contributed by atoms with Crippen LogP contribution < -0.4 is 5.32 Å². The average molecular weight is 246 g/mol. The Morgan fingerprint density at radius 2 is 2.33 bits per heavy atom. The van der Waals surface area contributed by atoms with Gasteiger partial charge >= 0.3 is 0 Å². The first-order valence-corrected chi connectivity index (χ1v) is 6.49. The second-order valence-electron chi connectivity index (χ2n) is 3.34. The molecule has 0 bridgehead atoms. The molecule has 1 atom stereocenters. The van der Waals surface area contributed by atoms with E-state index in [1.54, 1.807) is 0 Å². The summed E-state index contributed by atoms with van der Waals surface area (Å²) in [7, 11) is 0. The monoisotopic (exact) mass is 245 g/mol. The largest absolute Gasteiger partial charge is 0.350 e. The SMILES string of the molecule is CCc1ccsc1C(=O)NCC(Cl)CC. The van der Waals surface area contributed by atoms with Crippen LogP contribution in [-0.2, 0) is 6.42 Å². The maximum absolute atomic E-state index is 11.7. The van der Waals surface area contributed by atoms with Gasteiger partial charge in [-0.25, -0.2) is 0 Å². The zero-order chi connectivity index (χ0) is 11.3. The first kappa shape index (κ1) is 12.5. The van der Waals surface area contributed by atoms with Crippen LogP contribution >= 0.6 is 22.9 Å². The van der Waals surface area contributed by atoms with E-state index in [9.17, 15) is 4.79 Å². The molecule has 1 unspecified atom stereocenters. The molecule has 1 heterocycles. The molecule has 1 N–H and O–H groups in total. The van der Waals surface area contributed by atoms with Crippen molar-refractivity contribution in [1.82, 2.24) is 5.32 Å². The van der Waals surface area contributed by atoms with E-state index >= 15 is 0 Å². The van der Waals surface area contributed by atoms with E-state index in [1.165, 1.54) is 11.3 Å². The zero-order valence-corrected chi connectivity index (χ0v) is 10.6. The standard InChI is InChI=1S/C11H16ClNOS/c1-3-8-5-6-15-10(8)11(14)13-7-9(12)4-2/h5-6,9H,3-4,7H2,1-2H3,(H,13,14).